The number of unbranched alkanes of at least 4 members (excludes halogenated alkanes) is 2. The van der Waals surface area contributed by atoms with Crippen LogP contribution in [0.2, 0.25) is 0 Å². The van der Waals surface area contributed by atoms with Gasteiger partial charge in [0.2, 0.25) is 0 Å². The van der Waals surface area contributed by atoms with Crippen molar-refractivity contribution in [2.24, 2.45) is 0 Å². The first-order chi connectivity index (χ1) is 22.0. The Hall–Kier alpha value is -3.86. The molecule has 6 aromatic rings. The largest absolute Gasteiger partial charge is 1.00 e. The van der Waals surface area contributed by atoms with Crippen LogP contribution in [0.5, 0.6) is 0 Å². The van der Waals surface area contributed by atoms with Gasteiger partial charge in [0.1, 0.15) is 24.7 Å². The van der Waals surface area contributed by atoms with E-state index in [2.05, 4.69) is 74.5 Å². The maximum atomic E-state index is 14.9. The summed E-state index contributed by atoms with van der Waals surface area (Å²) < 4.78 is 30.6. The molecule has 4 heteroatoms. The minimum Gasteiger partial charge on any atom is -1.00 e. The summed E-state index contributed by atoms with van der Waals surface area (Å²) in [6.07, 6.45) is 4.49. The van der Waals surface area contributed by atoms with E-state index < -0.39 is 0 Å². The van der Waals surface area contributed by atoms with Crippen LogP contribution < -0.4 is 17.0 Å². The molecule has 0 atom stereocenters. The molecule has 0 spiro atoms. The lowest BCUT2D eigenvalue weighted by Crippen LogP contribution is -3.00. The van der Waals surface area contributed by atoms with Gasteiger partial charge in [-0.05, 0) is 93.0 Å². The summed E-state index contributed by atoms with van der Waals surface area (Å²) in [6, 6.07) is 36.0. The molecule has 0 saturated heterocycles. The van der Waals surface area contributed by atoms with Crippen LogP contribution in [-0.2, 0) is 13.1 Å². The van der Waals surface area contributed by atoms with Gasteiger partial charge in [0.15, 0.2) is 0 Å². The van der Waals surface area contributed by atoms with Crippen LogP contribution >= 0.6 is 0 Å². The van der Waals surface area contributed by atoms with Crippen molar-refractivity contribution in [1.29, 1.82) is 0 Å². The molecule has 46 heavy (non-hydrogen) atoms. The second kappa shape index (κ2) is 13.5. The maximum absolute atomic E-state index is 14.9. The Bertz CT molecular complexity index is 1880. The number of hydrogen-bond acceptors (Lipinski definition) is 0. The Kier molecular flexibility index (Phi) is 9.40. The molecule has 0 bridgehead atoms. The zero-order valence-electron chi connectivity index (χ0n) is 26.6. The number of nitrogens with zero attached hydrogens (tertiary/aromatic N) is 1. The molecule has 0 fully saturated rings. The zero-order valence-corrected chi connectivity index (χ0v) is 28.2. The third-order valence-electron chi connectivity index (χ3n) is 9.79. The Labute approximate surface area is 281 Å². The standard InChI is InChI=1S/C42H40F2N.BrH/c1-3-5-21-45(22-6-4-2)27-39-37(29-15-11-17-33(43)23-29)25-31-13-7-9-19-35(31)41(39)42-36-20-10-8-14-32(36)26-38(40(42)28-45)30-16-12-18-34(44)24-30;/h7-20,23-26H,3-6,21-22,27-28H2,1-2H3;1H/q+1;/p-1. The van der Waals surface area contributed by atoms with E-state index in [1.807, 2.05) is 24.3 Å². The minimum absolute atomic E-state index is 0. The lowest BCUT2D eigenvalue weighted by molar-refractivity contribution is -0.953. The first-order valence-electron chi connectivity index (χ1n) is 16.5. The number of benzene rings is 6. The third-order valence-corrected chi connectivity index (χ3v) is 9.79. The molecule has 0 aliphatic carbocycles. The SMILES string of the molecule is CCCC[N+]1(CCCC)Cc2c(-c3cccc(F)c3)cc3ccccc3c2-c2c(c(-c3cccc(F)c3)cc3ccccc23)C1.[Br-]. The summed E-state index contributed by atoms with van der Waals surface area (Å²) in [4.78, 5) is 0. The Morgan fingerprint density at radius 3 is 1.39 bits per heavy atom. The van der Waals surface area contributed by atoms with Crippen LogP contribution in [0, 0.1) is 11.6 Å². The van der Waals surface area contributed by atoms with Crippen molar-refractivity contribution < 1.29 is 30.2 Å². The van der Waals surface area contributed by atoms with Crippen molar-refractivity contribution in [3.05, 3.63) is 132 Å². The highest BCUT2D eigenvalue weighted by atomic mass is 79.9. The summed E-state index contributed by atoms with van der Waals surface area (Å²) in [5, 5.41) is 4.70. The quantitative estimate of drug-likeness (QED) is 0.142. The monoisotopic (exact) mass is 675 g/mol. The van der Waals surface area contributed by atoms with Crippen molar-refractivity contribution in [1.82, 2.24) is 0 Å². The van der Waals surface area contributed by atoms with Crippen molar-refractivity contribution in [2.75, 3.05) is 13.1 Å². The van der Waals surface area contributed by atoms with Gasteiger partial charge in [0.25, 0.3) is 0 Å². The molecule has 1 nitrogen and oxygen atoms in total. The predicted molar refractivity (Wildman–Crippen MR) is 185 cm³/mol. The number of quaternary nitrogens is 1. The van der Waals surface area contributed by atoms with Crippen LogP contribution in [0.25, 0.3) is 54.9 Å². The molecule has 234 valence electrons. The number of fused-ring (bicyclic) bond motifs is 7. The van der Waals surface area contributed by atoms with Gasteiger partial charge in [-0.3, -0.25) is 0 Å². The predicted octanol–water partition coefficient (Wildman–Crippen LogP) is 8.71. The van der Waals surface area contributed by atoms with Gasteiger partial charge >= 0.3 is 0 Å². The molecular weight excluding hydrogens is 636 g/mol. The van der Waals surface area contributed by atoms with Crippen LogP contribution in [0.1, 0.15) is 50.7 Å². The second-order valence-electron chi connectivity index (χ2n) is 12.8. The average Bonchev–Trinajstić information content (AvgIpc) is 3.21. The molecule has 1 aliphatic rings. The molecule has 0 unspecified atom stereocenters. The van der Waals surface area contributed by atoms with E-state index >= 15 is 0 Å². The molecular formula is C42H40BrF2N. The number of halogens is 3. The molecule has 0 saturated carbocycles. The Morgan fingerprint density at radius 2 is 0.978 bits per heavy atom. The first-order valence-corrected chi connectivity index (χ1v) is 16.5. The molecule has 0 N–H and O–H groups in total. The number of rotatable bonds is 8. The van der Waals surface area contributed by atoms with Crippen LogP contribution in [-0.4, -0.2) is 17.6 Å². The van der Waals surface area contributed by atoms with Crippen LogP contribution in [0.3, 0.4) is 0 Å². The summed E-state index contributed by atoms with van der Waals surface area (Å²) in [5.41, 5.74) is 9.08. The summed E-state index contributed by atoms with van der Waals surface area (Å²) in [5.74, 6) is -0.444. The highest BCUT2D eigenvalue weighted by Gasteiger charge is 2.37. The Morgan fingerprint density at radius 1 is 0.543 bits per heavy atom. The fraction of sp³-hybridized carbons (Fsp3) is 0.238. The van der Waals surface area contributed by atoms with Crippen molar-refractivity contribution in [3.8, 4) is 33.4 Å². The van der Waals surface area contributed by atoms with E-state index in [9.17, 15) is 8.78 Å². The van der Waals surface area contributed by atoms with E-state index in [4.69, 9.17) is 0 Å². The summed E-state index contributed by atoms with van der Waals surface area (Å²) in [7, 11) is 0. The van der Waals surface area contributed by atoms with E-state index in [0.29, 0.717) is 0 Å². The molecule has 0 radical (unpaired) electrons. The molecule has 1 aliphatic heterocycles. The summed E-state index contributed by atoms with van der Waals surface area (Å²) >= 11 is 0. The smallest absolute Gasteiger partial charge is 0.123 e. The van der Waals surface area contributed by atoms with Gasteiger partial charge in [-0.25, -0.2) is 8.78 Å². The fourth-order valence-electron chi connectivity index (χ4n) is 7.65. The van der Waals surface area contributed by atoms with Gasteiger partial charge in [-0.2, -0.15) is 0 Å². The molecule has 6 aromatic carbocycles. The fourth-order valence-corrected chi connectivity index (χ4v) is 7.65. The molecule has 0 aromatic heterocycles. The van der Waals surface area contributed by atoms with E-state index in [1.54, 1.807) is 12.1 Å². The molecule has 0 amide bonds. The van der Waals surface area contributed by atoms with E-state index in [-0.39, 0.29) is 28.6 Å². The lowest BCUT2D eigenvalue weighted by Gasteiger charge is -2.39. The average molecular weight is 677 g/mol. The van der Waals surface area contributed by atoms with Crippen molar-refractivity contribution >= 4 is 21.5 Å². The van der Waals surface area contributed by atoms with Crippen LogP contribution in [0.4, 0.5) is 8.78 Å². The normalized spacial score (nSPS) is 13.6. The van der Waals surface area contributed by atoms with Crippen molar-refractivity contribution in [3.63, 3.8) is 0 Å². The van der Waals surface area contributed by atoms with Gasteiger partial charge in [0.05, 0.1) is 13.1 Å². The number of hydrogen-bond donors (Lipinski definition) is 0. The minimum atomic E-state index is -0.222. The van der Waals surface area contributed by atoms with Gasteiger partial charge in [-0.1, -0.05) is 99.5 Å². The zero-order chi connectivity index (χ0) is 31.0. The van der Waals surface area contributed by atoms with Gasteiger partial charge in [0, 0.05) is 22.3 Å². The van der Waals surface area contributed by atoms with Gasteiger partial charge in [-0.15, -0.1) is 0 Å². The molecule has 7 rings (SSSR count). The lowest BCUT2D eigenvalue weighted by atomic mass is 9.82. The van der Waals surface area contributed by atoms with E-state index in [1.165, 1.54) is 45.2 Å². The Balaban J connectivity index is 0.00000372. The topological polar surface area (TPSA) is 0 Å². The van der Waals surface area contributed by atoms with E-state index in [0.717, 1.165) is 89.4 Å². The molecule has 1 heterocycles. The maximum Gasteiger partial charge on any atom is 0.123 e. The highest BCUT2D eigenvalue weighted by molar-refractivity contribution is 6.11. The summed E-state index contributed by atoms with van der Waals surface area (Å²) in [6.45, 7) is 8.37. The van der Waals surface area contributed by atoms with Crippen LogP contribution in [0.15, 0.2) is 109 Å². The highest BCUT2D eigenvalue weighted by Crippen LogP contribution is 2.50. The van der Waals surface area contributed by atoms with Crippen molar-refractivity contribution in [2.45, 2.75) is 52.6 Å². The third kappa shape index (κ3) is 5.89. The first kappa shape index (κ1) is 32.1. The van der Waals surface area contributed by atoms with Gasteiger partial charge < -0.3 is 21.5 Å². The second-order valence-corrected chi connectivity index (χ2v) is 12.8.